The fourth-order valence-electron chi connectivity index (χ4n) is 1.49. The zero-order chi connectivity index (χ0) is 11.3. The third-order valence-electron chi connectivity index (χ3n) is 2.58. The second-order valence-corrected chi connectivity index (χ2v) is 4.12. The molecular weight excluding hydrogens is 188 g/mol. The average Bonchev–Trinajstić information content (AvgIpc) is 2.26. The van der Waals surface area contributed by atoms with Gasteiger partial charge >= 0.3 is 0 Å². The first kappa shape index (κ1) is 11.9. The van der Waals surface area contributed by atoms with Gasteiger partial charge in [0.25, 0.3) is 0 Å². The molecule has 0 aliphatic heterocycles. The molecule has 0 aliphatic carbocycles. The number of carbonyl (C=O) groups is 1. The van der Waals surface area contributed by atoms with Crippen LogP contribution in [0.25, 0.3) is 0 Å². The van der Waals surface area contributed by atoms with E-state index in [0.29, 0.717) is 6.42 Å². The van der Waals surface area contributed by atoms with Crippen molar-refractivity contribution in [3.05, 3.63) is 35.9 Å². The largest absolute Gasteiger partial charge is 0.396 e. The van der Waals surface area contributed by atoms with Crippen LogP contribution in [0.2, 0.25) is 0 Å². The van der Waals surface area contributed by atoms with E-state index in [1.807, 2.05) is 44.2 Å². The van der Waals surface area contributed by atoms with Crippen LogP contribution in [0, 0.1) is 5.92 Å². The number of Topliss-reactive ketones (excluding diaryl/α,β-unsaturated/α-hetero) is 1. The highest BCUT2D eigenvalue weighted by Gasteiger charge is 2.16. The zero-order valence-corrected chi connectivity index (χ0v) is 9.31. The van der Waals surface area contributed by atoms with E-state index >= 15 is 0 Å². The van der Waals surface area contributed by atoms with Crippen LogP contribution in [0.4, 0.5) is 0 Å². The standard InChI is InChI=1S/C13H18O2/c1-10(2)13(15)8-12(9-14)11-6-4-3-5-7-11/h3-7,10,12,14H,8-9H2,1-2H3/t12-/m0/s1. The summed E-state index contributed by atoms with van der Waals surface area (Å²) in [4.78, 5) is 11.6. The quantitative estimate of drug-likeness (QED) is 0.803. The number of benzene rings is 1. The van der Waals surface area contributed by atoms with Crippen molar-refractivity contribution in [3.63, 3.8) is 0 Å². The molecule has 0 spiro atoms. The lowest BCUT2D eigenvalue weighted by Crippen LogP contribution is -2.14. The van der Waals surface area contributed by atoms with E-state index in [1.54, 1.807) is 0 Å². The summed E-state index contributed by atoms with van der Waals surface area (Å²) in [5.74, 6) is 0.196. The lowest BCUT2D eigenvalue weighted by molar-refractivity contribution is -0.122. The normalized spacial score (nSPS) is 12.8. The molecule has 1 atom stereocenters. The van der Waals surface area contributed by atoms with Crippen LogP contribution in [0.15, 0.2) is 30.3 Å². The molecule has 1 N–H and O–H groups in total. The molecule has 0 aromatic heterocycles. The van der Waals surface area contributed by atoms with Crippen molar-refractivity contribution in [2.45, 2.75) is 26.2 Å². The minimum absolute atomic E-state index is 0.0302. The van der Waals surface area contributed by atoms with Crippen molar-refractivity contribution in [1.82, 2.24) is 0 Å². The summed E-state index contributed by atoms with van der Waals surface area (Å²) in [6.07, 6.45) is 0.429. The molecule has 1 rings (SSSR count). The Morgan fingerprint density at radius 2 is 1.87 bits per heavy atom. The Morgan fingerprint density at radius 3 is 2.33 bits per heavy atom. The Kier molecular flexibility index (Phi) is 4.50. The fraction of sp³-hybridized carbons (Fsp3) is 0.462. The van der Waals surface area contributed by atoms with E-state index in [2.05, 4.69) is 0 Å². The maximum atomic E-state index is 11.6. The van der Waals surface area contributed by atoms with Crippen LogP contribution in [0.3, 0.4) is 0 Å². The molecule has 0 heterocycles. The zero-order valence-electron chi connectivity index (χ0n) is 9.31. The minimum atomic E-state index is -0.0545. The smallest absolute Gasteiger partial charge is 0.136 e. The Hall–Kier alpha value is -1.15. The highest BCUT2D eigenvalue weighted by atomic mass is 16.3. The van der Waals surface area contributed by atoms with Crippen molar-refractivity contribution >= 4 is 5.78 Å². The van der Waals surface area contributed by atoms with E-state index in [4.69, 9.17) is 0 Å². The molecule has 0 saturated heterocycles. The van der Waals surface area contributed by atoms with Crippen LogP contribution in [-0.2, 0) is 4.79 Å². The van der Waals surface area contributed by atoms with Gasteiger partial charge in [0.1, 0.15) is 5.78 Å². The Balaban J connectivity index is 2.69. The van der Waals surface area contributed by atoms with Gasteiger partial charge in [-0.1, -0.05) is 44.2 Å². The van der Waals surface area contributed by atoms with Crippen LogP contribution in [0.1, 0.15) is 31.7 Å². The highest BCUT2D eigenvalue weighted by Crippen LogP contribution is 2.20. The SMILES string of the molecule is CC(C)C(=O)C[C@@H](CO)c1ccccc1. The van der Waals surface area contributed by atoms with Gasteiger partial charge in [-0.25, -0.2) is 0 Å². The maximum absolute atomic E-state index is 11.6. The fourth-order valence-corrected chi connectivity index (χ4v) is 1.49. The number of aliphatic hydroxyl groups is 1. The second-order valence-electron chi connectivity index (χ2n) is 4.12. The van der Waals surface area contributed by atoms with Crippen LogP contribution < -0.4 is 0 Å². The Bertz CT molecular complexity index is 304. The first-order valence-electron chi connectivity index (χ1n) is 5.33. The van der Waals surface area contributed by atoms with Gasteiger partial charge in [-0.2, -0.15) is 0 Å². The van der Waals surface area contributed by atoms with Gasteiger partial charge in [-0.15, -0.1) is 0 Å². The van der Waals surface area contributed by atoms with Crippen molar-refractivity contribution in [1.29, 1.82) is 0 Å². The lowest BCUT2D eigenvalue weighted by Gasteiger charge is -2.14. The van der Waals surface area contributed by atoms with Crippen molar-refractivity contribution in [2.24, 2.45) is 5.92 Å². The summed E-state index contributed by atoms with van der Waals surface area (Å²) in [7, 11) is 0. The number of aliphatic hydroxyl groups excluding tert-OH is 1. The molecule has 0 saturated carbocycles. The molecule has 82 valence electrons. The molecule has 0 amide bonds. The molecule has 1 aromatic rings. The molecule has 1 aromatic carbocycles. The average molecular weight is 206 g/mol. The van der Waals surface area contributed by atoms with Crippen LogP contribution in [-0.4, -0.2) is 17.5 Å². The van der Waals surface area contributed by atoms with Crippen LogP contribution in [0.5, 0.6) is 0 Å². The van der Waals surface area contributed by atoms with Gasteiger partial charge in [0.15, 0.2) is 0 Å². The Morgan fingerprint density at radius 1 is 1.27 bits per heavy atom. The number of rotatable bonds is 5. The van der Waals surface area contributed by atoms with Crippen molar-refractivity contribution in [2.75, 3.05) is 6.61 Å². The van der Waals surface area contributed by atoms with Gasteiger partial charge in [-0.05, 0) is 5.56 Å². The number of hydrogen-bond acceptors (Lipinski definition) is 2. The molecule has 0 fully saturated rings. The van der Waals surface area contributed by atoms with Gasteiger partial charge in [0.05, 0.1) is 6.61 Å². The Labute approximate surface area is 90.9 Å². The van der Waals surface area contributed by atoms with Gasteiger partial charge < -0.3 is 5.11 Å². The van der Waals surface area contributed by atoms with E-state index in [9.17, 15) is 9.90 Å². The molecule has 2 heteroatoms. The van der Waals surface area contributed by atoms with Gasteiger partial charge in [-0.3, -0.25) is 4.79 Å². The third kappa shape index (κ3) is 3.48. The van der Waals surface area contributed by atoms with Crippen molar-refractivity contribution in [3.8, 4) is 0 Å². The molecule has 0 bridgehead atoms. The van der Waals surface area contributed by atoms with Gasteiger partial charge in [0, 0.05) is 18.3 Å². The van der Waals surface area contributed by atoms with Gasteiger partial charge in [0.2, 0.25) is 0 Å². The molecule has 2 nitrogen and oxygen atoms in total. The summed E-state index contributed by atoms with van der Waals surface area (Å²) in [5, 5.41) is 9.26. The molecule has 0 unspecified atom stereocenters. The third-order valence-corrected chi connectivity index (χ3v) is 2.58. The second kappa shape index (κ2) is 5.66. The van der Waals surface area contributed by atoms with Crippen molar-refractivity contribution < 1.29 is 9.90 Å². The summed E-state index contributed by atoms with van der Waals surface area (Å²) in [5.41, 5.74) is 1.04. The summed E-state index contributed by atoms with van der Waals surface area (Å²) < 4.78 is 0. The lowest BCUT2D eigenvalue weighted by atomic mass is 9.91. The predicted molar refractivity (Wildman–Crippen MR) is 60.7 cm³/mol. The minimum Gasteiger partial charge on any atom is -0.396 e. The highest BCUT2D eigenvalue weighted by molar-refractivity contribution is 5.81. The molecular formula is C13H18O2. The summed E-state index contributed by atoms with van der Waals surface area (Å²) >= 11 is 0. The van der Waals surface area contributed by atoms with Crippen LogP contribution >= 0.6 is 0 Å². The van der Waals surface area contributed by atoms with E-state index in [-0.39, 0.29) is 24.2 Å². The first-order valence-corrected chi connectivity index (χ1v) is 5.33. The molecule has 0 radical (unpaired) electrons. The number of hydrogen-bond donors (Lipinski definition) is 1. The number of carbonyl (C=O) groups excluding carboxylic acids is 1. The van der Waals surface area contributed by atoms with E-state index in [1.165, 1.54) is 0 Å². The monoisotopic (exact) mass is 206 g/mol. The number of ketones is 1. The summed E-state index contributed by atoms with van der Waals surface area (Å²) in [6, 6.07) is 9.70. The first-order chi connectivity index (χ1) is 7.15. The van der Waals surface area contributed by atoms with E-state index < -0.39 is 0 Å². The molecule has 0 aliphatic rings. The predicted octanol–water partition coefficient (Wildman–Crippen LogP) is 2.38. The summed E-state index contributed by atoms with van der Waals surface area (Å²) in [6.45, 7) is 3.81. The topological polar surface area (TPSA) is 37.3 Å². The maximum Gasteiger partial charge on any atom is 0.136 e. The molecule has 15 heavy (non-hydrogen) atoms. The van der Waals surface area contributed by atoms with E-state index in [0.717, 1.165) is 5.56 Å².